The van der Waals surface area contributed by atoms with Gasteiger partial charge in [-0.25, -0.2) is 14.4 Å². The molecule has 0 aromatic heterocycles. The predicted molar refractivity (Wildman–Crippen MR) is 174 cm³/mol. The molecule has 1 amide bonds. The molecule has 1 rings (SSSR count). The fourth-order valence-corrected chi connectivity index (χ4v) is 4.21. The van der Waals surface area contributed by atoms with E-state index in [0.717, 1.165) is 38.5 Å². The summed E-state index contributed by atoms with van der Waals surface area (Å²) >= 11 is 0. The van der Waals surface area contributed by atoms with E-state index in [1.165, 1.54) is 6.07 Å². The van der Waals surface area contributed by atoms with Gasteiger partial charge in [0.05, 0.1) is 17.7 Å². The third-order valence-electron chi connectivity index (χ3n) is 6.17. The second kappa shape index (κ2) is 18.5. The van der Waals surface area contributed by atoms with Crippen LogP contribution in [0.5, 0.6) is 5.75 Å². The molecule has 0 saturated carbocycles. The highest BCUT2D eigenvalue weighted by molar-refractivity contribution is 5.96. The van der Waals surface area contributed by atoms with Crippen molar-refractivity contribution in [3.8, 4) is 5.75 Å². The molecule has 0 saturated heterocycles. The first-order valence-electron chi connectivity index (χ1n) is 16.1. The Kier molecular flexibility index (Phi) is 16.2. The van der Waals surface area contributed by atoms with Gasteiger partial charge >= 0.3 is 23.9 Å². The number of esters is 3. The average molecular weight is 650 g/mol. The third kappa shape index (κ3) is 19.0. The van der Waals surface area contributed by atoms with Crippen molar-refractivity contribution in [2.24, 2.45) is 0 Å². The van der Waals surface area contributed by atoms with Crippen LogP contribution in [0.2, 0.25) is 0 Å². The summed E-state index contributed by atoms with van der Waals surface area (Å²) in [6, 6.07) is 3.60. The number of nitrogens with one attached hydrogen (secondary N) is 1. The van der Waals surface area contributed by atoms with Crippen LogP contribution in [0, 0.1) is 0 Å². The third-order valence-corrected chi connectivity index (χ3v) is 6.17. The molecule has 0 heterocycles. The number of carbonyl (C=O) groups excluding carboxylic acids is 4. The van der Waals surface area contributed by atoms with Crippen molar-refractivity contribution in [1.82, 2.24) is 5.32 Å². The fourth-order valence-electron chi connectivity index (χ4n) is 4.21. The predicted octanol–water partition coefficient (Wildman–Crippen LogP) is 6.79. The summed E-state index contributed by atoms with van der Waals surface area (Å²) in [6.45, 7) is 16.2. The minimum absolute atomic E-state index is 0.0280. The van der Waals surface area contributed by atoms with Gasteiger partial charge in [-0.2, -0.15) is 0 Å². The highest BCUT2D eigenvalue weighted by Gasteiger charge is 2.27. The van der Waals surface area contributed by atoms with Gasteiger partial charge in [0.2, 0.25) is 5.91 Å². The van der Waals surface area contributed by atoms with Gasteiger partial charge in [-0.3, -0.25) is 9.59 Å². The van der Waals surface area contributed by atoms with Gasteiger partial charge in [0.1, 0.15) is 28.6 Å². The Morgan fingerprint density at radius 3 is 1.57 bits per heavy atom. The molecule has 0 spiro atoms. The lowest BCUT2D eigenvalue weighted by Crippen LogP contribution is -2.44. The molecular weight excluding hydrogens is 594 g/mol. The molecule has 0 radical (unpaired) electrons. The van der Waals surface area contributed by atoms with E-state index in [2.05, 4.69) is 5.32 Å². The number of ether oxygens (including phenoxy) is 4. The molecule has 0 aliphatic rings. The Labute approximate surface area is 274 Å². The van der Waals surface area contributed by atoms with Crippen LogP contribution in [0.1, 0.15) is 147 Å². The maximum Gasteiger partial charge on any atom is 0.338 e. The van der Waals surface area contributed by atoms with E-state index < -0.39 is 46.7 Å². The normalized spacial score (nSPS) is 12.5. The first-order valence-corrected chi connectivity index (χ1v) is 16.1. The molecule has 0 aliphatic heterocycles. The Morgan fingerprint density at radius 2 is 1.11 bits per heavy atom. The van der Waals surface area contributed by atoms with Crippen molar-refractivity contribution in [1.29, 1.82) is 0 Å². The molecule has 1 atom stereocenters. The highest BCUT2D eigenvalue weighted by atomic mass is 16.6. The van der Waals surface area contributed by atoms with Crippen LogP contribution < -0.4 is 10.1 Å². The lowest BCUT2D eigenvalue weighted by atomic mass is 10.1. The summed E-state index contributed by atoms with van der Waals surface area (Å²) in [5.74, 6) is -2.70. The van der Waals surface area contributed by atoms with Crippen LogP contribution in [0.15, 0.2) is 18.2 Å². The van der Waals surface area contributed by atoms with Crippen molar-refractivity contribution in [2.45, 2.75) is 149 Å². The van der Waals surface area contributed by atoms with E-state index in [4.69, 9.17) is 24.1 Å². The number of benzene rings is 1. The molecule has 0 aliphatic carbocycles. The van der Waals surface area contributed by atoms with Crippen LogP contribution in [-0.4, -0.2) is 64.3 Å². The number of amides is 1. The standard InChI is InChI=1S/C35H55NO10/c1-33(2,3)44-30(40)24-21-25(31(41)45-34(4,5)6)23-26(22-24)43-20-16-14-12-10-11-13-15-17-28(37)36-27(18-19-29(38)39)32(42)46-35(7,8)9/h21-23,27H,10-20H2,1-9H3,(H,36,37)(H,38,39)/t27-/m0/s1. The average Bonchev–Trinajstić information content (AvgIpc) is 2.88. The van der Waals surface area contributed by atoms with E-state index in [-0.39, 0.29) is 36.3 Å². The number of carboxylic acids is 1. The van der Waals surface area contributed by atoms with Crippen LogP contribution >= 0.6 is 0 Å². The maximum atomic E-state index is 12.7. The molecule has 2 N–H and O–H groups in total. The first kappa shape index (κ1) is 40.4. The number of hydrogen-bond acceptors (Lipinski definition) is 9. The first-order chi connectivity index (χ1) is 21.1. The molecule has 0 bridgehead atoms. The lowest BCUT2D eigenvalue weighted by molar-refractivity contribution is -0.159. The van der Waals surface area contributed by atoms with E-state index in [1.54, 1.807) is 74.4 Å². The van der Waals surface area contributed by atoms with Crippen molar-refractivity contribution in [2.75, 3.05) is 6.61 Å². The summed E-state index contributed by atoms with van der Waals surface area (Å²) in [7, 11) is 0. The van der Waals surface area contributed by atoms with Crippen LogP contribution in [0.25, 0.3) is 0 Å². The van der Waals surface area contributed by atoms with E-state index in [1.807, 2.05) is 0 Å². The number of aliphatic carboxylic acids is 1. The van der Waals surface area contributed by atoms with E-state index >= 15 is 0 Å². The molecule has 46 heavy (non-hydrogen) atoms. The molecule has 0 fully saturated rings. The maximum absolute atomic E-state index is 12.7. The van der Waals surface area contributed by atoms with Gasteiger partial charge in [-0.1, -0.05) is 32.1 Å². The highest BCUT2D eigenvalue weighted by Crippen LogP contribution is 2.23. The zero-order chi connectivity index (χ0) is 35.1. The Hall–Kier alpha value is -3.63. The summed E-state index contributed by atoms with van der Waals surface area (Å²) in [5, 5.41) is 11.6. The van der Waals surface area contributed by atoms with Crippen molar-refractivity contribution in [3.05, 3.63) is 29.3 Å². The SMILES string of the molecule is CC(C)(C)OC(=O)c1cc(OCCCCCCCCCC(=O)N[C@@H](CCC(=O)O)C(=O)OC(C)(C)C)cc(C(=O)OC(C)(C)C)c1. The second-order valence-corrected chi connectivity index (χ2v) is 14.4. The van der Waals surface area contributed by atoms with Gasteiger partial charge in [-0.05, 0) is 99.8 Å². The summed E-state index contributed by atoms with van der Waals surface area (Å²) < 4.78 is 22.2. The van der Waals surface area contributed by atoms with Crippen molar-refractivity contribution in [3.63, 3.8) is 0 Å². The molecule has 0 unspecified atom stereocenters. The Balaban J connectivity index is 2.48. The number of hydrogen-bond donors (Lipinski definition) is 2. The van der Waals surface area contributed by atoms with Gasteiger partial charge in [-0.15, -0.1) is 0 Å². The minimum atomic E-state index is -1.05. The Morgan fingerprint density at radius 1 is 0.652 bits per heavy atom. The van der Waals surface area contributed by atoms with Crippen molar-refractivity contribution < 1.29 is 48.0 Å². The monoisotopic (exact) mass is 649 g/mol. The number of carboxylic acid groups (broad SMARTS) is 1. The minimum Gasteiger partial charge on any atom is -0.494 e. The lowest BCUT2D eigenvalue weighted by Gasteiger charge is -2.24. The smallest absolute Gasteiger partial charge is 0.338 e. The topological polar surface area (TPSA) is 155 Å². The van der Waals surface area contributed by atoms with Gasteiger partial charge in [0, 0.05) is 12.8 Å². The Bertz CT molecular complexity index is 1130. The van der Waals surface area contributed by atoms with E-state index in [0.29, 0.717) is 18.8 Å². The van der Waals surface area contributed by atoms with Gasteiger partial charge in [0.15, 0.2) is 0 Å². The molecular formula is C35H55NO10. The zero-order valence-corrected chi connectivity index (χ0v) is 29.2. The molecule has 11 heteroatoms. The second-order valence-electron chi connectivity index (χ2n) is 14.4. The summed E-state index contributed by atoms with van der Waals surface area (Å²) in [5.41, 5.74) is -1.71. The molecule has 260 valence electrons. The molecule has 1 aromatic rings. The van der Waals surface area contributed by atoms with Crippen LogP contribution in [0.3, 0.4) is 0 Å². The van der Waals surface area contributed by atoms with Crippen molar-refractivity contribution >= 4 is 29.8 Å². The summed E-state index contributed by atoms with van der Waals surface area (Å²) in [4.78, 5) is 61.2. The van der Waals surface area contributed by atoms with Gasteiger partial charge < -0.3 is 29.4 Å². The largest absolute Gasteiger partial charge is 0.494 e. The number of carbonyl (C=O) groups is 5. The van der Waals surface area contributed by atoms with E-state index in [9.17, 15) is 24.0 Å². The van der Waals surface area contributed by atoms with Gasteiger partial charge in [0.25, 0.3) is 0 Å². The summed E-state index contributed by atoms with van der Waals surface area (Å²) in [6.07, 6.45) is 6.08. The fraction of sp³-hybridized carbons (Fsp3) is 0.686. The number of unbranched alkanes of at least 4 members (excludes halogenated alkanes) is 6. The van der Waals surface area contributed by atoms with Crippen LogP contribution in [-0.2, 0) is 28.6 Å². The zero-order valence-electron chi connectivity index (χ0n) is 29.2. The number of rotatable bonds is 18. The quantitative estimate of drug-likeness (QED) is 0.0987. The van der Waals surface area contributed by atoms with Crippen LogP contribution in [0.4, 0.5) is 0 Å². The molecule has 1 aromatic carbocycles. The molecule has 11 nitrogen and oxygen atoms in total.